The minimum absolute atomic E-state index is 0.270. The van der Waals surface area contributed by atoms with Gasteiger partial charge in [-0.2, -0.15) is 0 Å². The first kappa shape index (κ1) is 12.6. The van der Waals surface area contributed by atoms with Gasteiger partial charge in [-0.3, -0.25) is 9.59 Å². The zero-order chi connectivity index (χ0) is 13.1. The van der Waals surface area contributed by atoms with Crippen LogP contribution >= 0.6 is 22.9 Å². The van der Waals surface area contributed by atoms with Gasteiger partial charge in [-0.05, 0) is 29.6 Å². The largest absolute Gasteiger partial charge is 0.366 e. The number of hydrogen-bond acceptors (Lipinski definition) is 3. The van der Waals surface area contributed by atoms with Crippen molar-refractivity contribution in [1.29, 1.82) is 0 Å². The van der Waals surface area contributed by atoms with Crippen LogP contribution in [0.4, 0.5) is 5.69 Å². The van der Waals surface area contributed by atoms with Crippen LogP contribution in [0.3, 0.4) is 0 Å². The molecule has 2 aromatic rings. The molecule has 6 heteroatoms. The minimum Gasteiger partial charge on any atom is -0.366 e. The van der Waals surface area contributed by atoms with Crippen molar-refractivity contribution in [3.63, 3.8) is 0 Å². The maximum atomic E-state index is 11.8. The average Bonchev–Trinajstić information content (AvgIpc) is 2.85. The summed E-state index contributed by atoms with van der Waals surface area (Å²) in [5.41, 5.74) is 5.82. The number of nitrogens with one attached hydrogen (secondary N) is 1. The fourth-order valence-electron chi connectivity index (χ4n) is 1.37. The fraction of sp³-hybridized carbons (Fsp3) is 0. The summed E-state index contributed by atoms with van der Waals surface area (Å²) < 4.78 is 0. The molecule has 0 saturated heterocycles. The number of amides is 2. The third-order valence-electron chi connectivity index (χ3n) is 2.24. The molecule has 0 bridgehead atoms. The van der Waals surface area contributed by atoms with E-state index in [4.69, 9.17) is 17.3 Å². The highest BCUT2D eigenvalue weighted by Crippen LogP contribution is 2.24. The topological polar surface area (TPSA) is 72.2 Å². The molecule has 1 aromatic carbocycles. The Bertz CT molecular complexity index is 596. The van der Waals surface area contributed by atoms with E-state index in [1.165, 1.54) is 29.5 Å². The molecule has 0 spiro atoms. The molecule has 18 heavy (non-hydrogen) atoms. The van der Waals surface area contributed by atoms with Crippen LogP contribution in [0.2, 0.25) is 5.02 Å². The monoisotopic (exact) mass is 280 g/mol. The SMILES string of the molecule is NC(=O)c1ccc(Cl)c(NC(=O)c2cccs2)c1. The summed E-state index contributed by atoms with van der Waals surface area (Å²) in [6, 6.07) is 7.96. The van der Waals surface area contributed by atoms with Crippen molar-refractivity contribution in [3.05, 3.63) is 51.2 Å². The van der Waals surface area contributed by atoms with Gasteiger partial charge < -0.3 is 11.1 Å². The zero-order valence-corrected chi connectivity index (χ0v) is 10.7. The quantitative estimate of drug-likeness (QED) is 0.907. The van der Waals surface area contributed by atoms with Gasteiger partial charge >= 0.3 is 0 Å². The van der Waals surface area contributed by atoms with E-state index in [1.807, 2.05) is 0 Å². The Labute approximate surface area is 112 Å². The molecular weight excluding hydrogens is 272 g/mol. The Morgan fingerprint density at radius 2 is 2.06 bits per heavy atom. The van der Waals surface area contributed by atoms with Crippen molar-refractivity contribution in [1.82, 2.24) is 0 Å². The Hall–Kier alpha value is -1.85. The summed E-state index contributed by atoms with van der Waals surface area (Å²) in [5, 5.41) is 4.79. The summed E-state index contributed by atoms with van der Waals surface area (Å²) in [6.45, 7) is 0. The predicted octanol–water partition coefficient (Wildman–Crippen LogP) is 2.75. The second-order valence-corrected chi connectivity index (χ2v) is 4.85. The lowest BCUT2D eigenvalue weighted by Gasteiger charge is -2.07. The van der Waals surface area contributed by atoms with Gasteiger partial charge in [0.05, 0.1) is 15.6 Å². The second kappa shape index (κ2) is 5.20. The molecule has 0 aliphatic carbocycles. The molecule has 4 nitrogen and oxygen atoms in total. The molecule has 0 atom stereocenters. The summed E-state index contributed by atoms with van der Waals surface area (Å²) in [7, 11) is 0. The zero-order valence-electron chi connectivity index (χ0n) is 9.14. The lowest BCUT2D eigenvalue weighted by Crippen LogP contribution is -2.14. The maximum Gasteiger partial charge on any atom is 0.265 e. The van der Waals surface area contributed by atoms with Crippen molar-refractivity contribution < 1.29 is 9.59 Å². The Balaban J connectivity index is 2.26. The third-order valence-corrected chi connectivity index (χ3v) is 3.44. The standard InChI is InChI=1S/C12H9ClN2O2S/c13-8-4-3-7(11(14)16)6-9(8)15-12(17)10-2-1-5-18-10/h1-6H,(H2,14,16)(H,15,17). The van der Waals surface area contributed by atoms with Crippen LogP contribution < -0.4 is 11.1 Å². The van der Waals surface area contributed by atoms with E-state index < -0.39 is 5.91 Å². The van der Waals surface area contributed by atoms with Gasteiger partial charge in [0.1, 0.15) is 0 Å². The smallest absolute Gasteiger partial charge is 0.265 e. The van der Waals surface area contributed by atoms with Gasteiger partial charge in [0.25, 0.3) is 5.91 Å². The van der Waals surface area contributed by atoms with Crippen LogP contribution in [0.15, 0.2) is 35.7 Å². The lowest BCUT2D eigenvalue weighted by atomic mass is 10.2. The highest BCUT2D eigenvalue weighted by Gasteiger charge is 2.11. The lowest BCUT2D eigenvalue weighted by molar-refractivity contribution is 0.0996. The number of anilines is 1. The molecule has 0 saturated carbocycles. The summed E-state index contributed by atoms with van der Waals surface area (Å²) in [6.07, 6.45) is 0. The molecule has 92 valence electrons. The van der Waals surface area contributed by atoms with Crippen LogP contribution in [0.1, 0.15) is 20.0 Å². The van der Waals surface area contributed by atoms with Crippen molar-refractivity contribution in [2.45, 2.75) is 0 Å². The third kappa shape index (κ3) is 2.69. The maximum absolute atomic E-state index is 11.8. The first-order chi connectivity index (χ1) is 8.58. The number of halogens is 1. The molecule has 0 aliphatic rings. The van der Waals surface area contributed by atoms with Crippen LogP contribution in [-0.2, 0) is 0 Å². The number of hydrogen-bond donors (Lipinski definition) is 2. The highest BCUT2D eigenvalue weighted by molar-refractivity contribution is 7.12. The van der Waals surface area contributed by atoms with Crippen LogP contribution in [0, 0.1) is 0 Å². The van der Waals surface area contributed by atoms with Crippen LogP contribution in [-0.4, -0.2) is 11.8 Å². The first-order valence-corrected chi connectivity index (χ1v) is 6.28. The van der Waals surface area contributed by atoms with E-state index in [1.54, 1.807) is 17.5 Å². The Morgan fingerprint density at radius 1 is 1.28 bits per heavy atom. The van der Waals surface area contributed by atoms with Crippen molar-refractivity contribution in [2.24, 2.45) is 5.73 Å². The number of primary amides is 1. The average molecular weight is 281 g/mol. The molecular formula is C12H9ClN2O2S. The number of carbonyl (C=O) groups excluding carboxylic acids is 2. The van der Waals surface area contributed by atoms with Gasteiger partial charge in [0, 0.05) is 5.56 Å². The second-order valence-electron chi connectivity index (χ2n) is 3.49. The number of nitrogens with two attached hydrogens (primary N) is 1. The molecule has 1 aromatic heterocycles. The van der Waals surface area contributed by atoms with E-state index in [9.17, 15) is 9.59 Å². The molecule has 1 heterocycles. The normalized spacial score (nSPS) is 10.1. The van der Waals surface area contributed by atoms with Gasteiger partial charge in [-0.25, -0.2) is 0 Å². The van der Waals surface area contributed by atoms with Gasteiger partial charge in [0.15, 0.2) is 0 Å². The van der Waals surface area contributed by atoms with Gasteiger partial charge in [0.2, 0.25) is 5.91 Å². The number of benzene rings is 1. The molecule has 0 aliphatic heterocycles. The van der Waals surface area contributed by atoms with Gasteiger partial charge in [-0.15, -0.1) is 11.3 Å². The Kier molecular flexibility index (Phi) is 3.64. The fourth-order valence-corrected chi connectivity index (χ4v) is 2.15. The summed E-state index contributed by atoms with van der Waals surface area (Å²) in [5.74, 6) is -0.841. The molecule has 2 rings (SSSR count). The number of rotatable bonds is 3. The molecule has 0 unspecified atom stereocenters. The number of thiophene rings is 1. The molecule has 0 fully saturated rings. The van der Waals surface area contributed by atoms with Crippen LogP contribution in [0.25, 0.3) is 0 Å². The van der Waals surface area contributed by atoms with Crippen molar-refractivity contribution >= 4 is 40.4 Å². The summed E-state index contributed by atoms with van der Waals surface area (Å²) in [4.78, 5) is 23.4. The predicted molar refractivity (Wildman–Crippen MR) is 72.2 cm³/mol. The van der Waals surface area contributed by atoms with Gasteiger partial charge in [-0.1, -0.05) is 17.7 Å². The first-order valence-electron chi connectivity index (χ1n) is 5.02. The van der Waals surface area contributed by atoms with E-state index >= 15 is 0 Å². The molecule has 2 amide bonds. The number of carbonyl (C=O) groups is 2. The molecule has 0 radical (unpaired) electrons. The highest BCUT2D eigenvalue weighted by atomic mass is 35.5. The molecule has 3 N–H and O–H groups in total. The van der Waals surface area contributed by atoms with E-state index in [2.05, 4.69) is 5.32 Å². The van der Waals surface area contributed by atoms with E-state index in [0.29, 0.717) is 21.2 Å². The van der Waals surface area contributed by atoms with E-state index in [-0.39, 0.29) is 5.91 Å². The summed E-state index contributed by atoms with van der Waals surface area (Å²) >= 11 is 7.26. The van der Waals surface area contributed by atoms with E-state index in [0.717, 1.165) is 0 Å². The minimum atomic E-state index is -0.571. The Morgan fingerprint density at radius 3 is 2.67 bits per heavy atom. The van der Waals surface area contributed by atoms with Crippen LogP contribution in [0.5, 0.6) is 0 Å². The van der Waals surface area contributed by atoms with Crippen molar-refractivity contribution in [3.8, 4) is 0 Å². The van der Waals surface area contributed by atoms with Crippen molar-refractivity contribution in [2.75, 3.05) is 5.32 Å².